The molecule has 0 aromatic heterocycles. The Balaban J connectivity index is 2.35. The van der Waals surface area contributed by atoms with Crippen LogP contribution in [0.2, 0.25) is 0 Å². The highest BCUT2D eigenvalue weighted by Crippen LogP contribution is 2.11. The lowest BCUT2D eigenvalue weighted by Gasteiger charge is -2.10. The van der Waals surface area contributed by atoms with Crippen molar-refractivity contribution in [3.05, 3.63) is 41.5 Å². The van der Waals surface area contributed by atoms with Crippen LogP contribution in [0.25, 0.3) is 6.08 Å². The van der Waals surface area contributed by atoms with Crippen molar-refractivity contribution in [1.29, 1.82) is 0 Å². The highest BCUT2D eigenvalue weighted by Gasteiger charge is 2.11. The molecule has 27 heavy (non-hydrogen) atoms. The molecule has 3 N–H and O–H groups in total. The second-order valence-electron chi connectivity index (χ2n) is 6.70. The Labute approximate surface area is 162 Å². The van der Waals surface area contributed by atoms with Crippen LogP contribution in [-0.4, -0.2) is 36.5 Å². The second-order valence-corrected chi connectivity index (χ2v) is 8.63. The largest absolute Gasteiger partial charge is 0.478 e. The van der Waals surface area contributed by atoms with Gasteiger partial charge in [-0.2, -0.15) is 0 Å². The van der Waals surface area contributed by atoms with Gasteiger partial charge in [-0.05, 0) is 42.9 Å². The average molecular weight is 398 g/mol. The molecule has 0 aliphatic carbocycles. The first-order valence-electron chi connectivity index (χ1n) is 9.47. The van der Waals surface area contributed by atoms with Crippen molar-refractivity contribution >= 4 is 22.1 Å². The van der Waals surface area contributed by atoms with Gasteiger partial charge in [0, 0.05) is 12.6 Å². The second kappa shape index (κ2) is 12.6. The Morgan fingerprint density at radius 3 is 2.56 bits per heavy atom. The van der Waals surface area contributed by atoms with Gasteiger partial charge in [-0.15, -0.1) is 0 Å². The third-order valence-corrected chi connectivity index (χ3v) is 5.62. The summed E-state index contributed by atoms with van der Waals surface area (Å²) in [5.41, 5.74) is 1.46. The monoisotopic (exact) mass is 397 g/mol. The lowest BCUT2D eigenvalue weighted by Crippen LogP contribution is -2.26. The van der Waals surface area contributed by atoms with E-state index in [-0.39, 0.29) is 18.4 Å². The van der Waals surface area contributed by atoms with Crippen molar-refractivity contribution in [1.82, 2.24) is 4.72 Å². The Morgan fingerprint density at radius 1 is 1.19 bits per heavy atom. The molecule has 1 atom stereocenters. The minimum Gasteiger partial charge on any atom is -0.478 e. The number of nitrogens with one attached hydrogen (secondary N) is 1. The van der Waals surface area contributed by atoms with E-state index in [0.29, 0.717) is 24.8 Å². The number of hydrogen-bond acceptors (Lipinski definition) is 4. The minimum absolute atomic E-state index is 0.0350. The molecule has 152 valence electrons. The van der Waals surface area contributed by atoms with E-state index in [1.807, 2.05) is 0 Å². The average Bonchev–Trinajstić information content (AvgIpc) is 2.63. The summed E-state index contributed by atoms with van der Waals surface area (Å²) in [6, 6.07) is 7.04. The van der Waals surface area contributed by atoms with Gasteiger partial charge in [0.15, 0.2) is 0 Å². The Bertz CT molecular complexity index is 700. The number of aliphatic hydroxyl groups excluding tert-OH is 1. The topological polar surface area (TPSA) is 104 Å². The van der Waals surface area contributed by atoms with Crippen LogP contribution in [0.5, 0.6) is 0 Å². The van der Waals surface area contributed by atoms with Gasteiger partial charge < -0.3 is 10.2 Å². The molecule has 0 heterocycles. The van der Waals surface area contributed by atoms with E-state index in [1.54, 1.807) is 24.3 Å². The molecule has 0 saturated carbocycles. The number of aliphatic carboxylic acids is 1. The van der Waals surface area contributed by atoms with Crippen molar-refractivity contribution in [2.45, 2.75) is 64.5 Å². The maximum atomic E-state index is 12.1. The molecule has 7 heteroatoms. The van der Waals surface area contributed by atoms with Gasteiger partial charge in [0.2, 0.25) is 10.0 Å². The van der Waals surface area contributed by atoms with E-state index >= 15 is 0 Å². The van der Waals surface area contributed by atoms with E-state index in [0.717, 1.165) is 37.3 Å². The summed E-state index contributed by atoms with van der Waals surface area (Å²) < 4.78 is 26.8. The number of sulfonamides is 1. The summed E-state index contributed by atoms with van der Waals surface area (Å²) in [6.07, 6.45) is 8.03. The highest BCUT2D eigenvalue weighted by atomic mass is 32.2. The van der Waals surface area contributed by atoms with Crippen molar-refractivity contribution in [3.63, 3.8) is 0 Å². The summed E-state index contributed by atoms with van der Waals surface area (Å²) in [5, 5.41) is 18.5. The van der Waals surface area contributed by atoms with E-state index in [9.17, 15) is 18.3 Å². The summed E-state index contributed by atoms with van der Waals surface area (Å²) >= 11 is 0. The molecule has 0 fully saturated rings. The fourth-order valence-electron chi connectivity index (χ4n) is 2.69. The zero-order chi connectivity index (χ0) is 20.1. The molecule has 0 saturated heterocycles. The molecule has 0 spiro atoms. The van der Waals surface area contributed by atoms with Gasteiger partial charge in [-0.25, -0.2) is 17.9 Å². The normalized spacial score (nSPS) is 13.1. The number of unbranched alkanes of at least 4 members (excludes halogenated alkanes) is 3. The van der Waals surface area contributed by atoms with Crippen molar-refractivity contribution < 1.29 is 23.4 Å². The lowest BCUT2D eigenvalue weighted by molar-refractivity contribution is -0.131. The summed E-state index contributed by atoms with van der Waals surface area (Å²) in [5.74, 6) is -0.996. The molecule has 0 aliphatic heterocycles. The smallest absolute Gasteiger partial charge is 0.328 e. The molecule has 1 rings (SSSR count). The van der Waals surface area contributed by atoms with Crippen molar-refractivity contribution in [3.8, 4) is 0 Å². The number of benzene rings is 1. The molecule has 6 nitrogen and oxygen atoms in total. The summed E-state index contributed by atoms with van der Waals surface area (Å²) in [4.78, 5) is 10.6. The molecular formula is C20H31NO5S. The van der Waals surface area contributed by atoms with Gasteiger partial charge in [0.05, 0.1) is 11.9 Å². The highest BCUT2D eigenvalue weighted by molar-refractivity contribution is 7.89. The Hall–Kier alpha value is -1.70. The number of aliphatic hydroxyl groups is 1. The van der Waals surface area contributed by atoms with Gasteiger partial charge >= 0.3 is 5.97 Å². The Morgan fingerprint density at radius 2 is 1.89 bits per heavy atom. The number of carboxylic acids is 1. The van der Waals surface area contributed by atoms with Crippen molar-refractivity contribution in [2.24, 2.45) is 0 Å². The third kappa shape index (κ3) is 11.6. The van der Waals surface area contributed by atoms with Crippen LogP contribution in [0.4, 0.5) is 0 Å². The first-order chi connectivity index (χ1) is 12.8. The molecule has 1 aromatic carbocycles. The quantitative estimate of drug-likeness (QED) is 0.330. The predicted molar refractivity (Wildman–Crippen MR) is 108 cm³/mol. The fraction of sp³-hybridized carbons (Fsp3) is 0.550. The van der Waals surface area contributed by atoms with E-state index in [4.69, 9.17) is 5.11 Å². The zero-order valence-electron chi connectivity index (χ0n) is 15.9. The molecule has 0 amide bonds. The Kier molecular flexibility index (Phi) is 10.9. The maximum Gasteiger partial charge on any atom is 0.328 e. The zero-order valence-corrected chi connectivity index (χ0v) is 16.7. The van der Waals surface area contributed by atoms with Gasteiger partial charge in [-0.1, -0.05) is 50.5 Å². The maximum absolute atomic E-state index is 12.1. The molecular weight excluding hydrogens is 366 g/mol. The summed E-state index contributed by atoms with van der Waals surface area (Å²) in [6.45, 7) is 2.28. The van der Waals surface area contributed by atoms with Crippen LogP contribution in [0.3, 0.4) is 0 Å². The van der Waals surface area contributed by atoms with Gasteiger partial charge in [0.25, 0.3) is 0 Å². The molecule has 1 unspecified atom stereocenters. The predicted octanol–water partition coefficient (Wildman–Crippen LogP) is 3.32. The minimum atomic E-state index is -3.38. The van der Waals surface area contributed by atoms with Crippen LogP contribution >= 0.6 is 0 Å². The lowest BCUT2D eigenvalue weighted by atomic mass is 10.1. The number of rotatable bonds is 14. The molecule has 0 aliphatic rings. The fourth-order valence-corrected chi connectivity index (χ4v) is 3.80. The van der Waals surface area contributed by atoms with E-state index in [2.05, 4.69) is 11.6 Å². The van der Waals surface area contributed by atoms with E-state index in [1.165, 1.54) is 6.08 Å². The van der Waals surface area contributed by atoms with Crippen LogP contribution in [-0.2, 0) is 21.4 Å². The standard InChI is InChI=1S/C20H31NO5S/c1-2-3-4-10-19(22)11-5-6-14-27(25,26)21-16-18-9-7-8-17(15-18)12-13-20(23)24/h7-9,12-13,15,19,21-22H,2-6,10-11,14,16H2,1H3,(H,23,24)/b13-12+. The van der Waals surface area contributed by atoms with E-state index < -0.39 is 16.0 Å². The van der Waals surface area contributed by atoms with Gasteiger partial charge in [-0.3, -0.25) is 0 Å². The van der Waals surface area contributed by atoms with Gasteiger partial charge in [0.1, 0.15) is 0 Å². The number of carboxylic acid groups (broad SMARTS) is 1. The first-order valence-corrected chi connectivity index (χ1v) is 11.1. The molecule has 1 aromatic rings. The number of carbonyl (C=O) groups is 1. The molecule has 0 bridgehead atoms. The van der Waals surface area contributed by atoms with Crippen LogP contribution < -0.4 is 4.72 Å². The third-order valence-electron chi connectivity index (χ3n) is 4.21. The first kappa shape index (κ1) is 23.3. The van der Waals surface area contributed by atoms with Crippen molar-refractivity contribution in [2.75, 3.05) is 5.75 Å². The number of hydrogen-bond donors (Lipinski definition) is 3. The van der Waals surface area contributed by atoms with Crippen LogP contribution in [0.1, 0.15) is 63.0 Å². The SMILES string of the molecule is CCCCCC(O)CCCCS(=O)(=O)NCc1cccc(/C=C/C(=O)O)c1. The summed E-state index contributed by atoms with van der Waals surface area (Å²) in [7, 11) is -3.38. The van der Waals surface area contributed by atoms with Crippen LogP contribution in [0.15, 0.2) is 30.3 Å². The molecule has 0 radical (unpaired) electrons. The van der Waals surface area contributed by atoms with Crippen LogP contribution in [0, 0.1) is 0 Å².